The Hall–Kier alpha value is -2.88. The molecule has 0 aliphatic carbocycles. The van der Waals surface area contributed by atoms with Gasteiger partial charge in [0.15, 0.2) is 0 Å². The van der Waals surface area contributed by atoms with Crippen LogP contribution < -0.4 is 4.74 Å². The molecule has 4 heterocycles. The summed E-state index contributed by atoms with van der Waals surface area (Å²) in [6.45, 7) is 5.50. The van der Waals surface area contributed by atoms with Gasteiger partial charge in [-0.05, 0) is 55.1 Å². The number of aromatic nitrogens is 1. The van der Waals surface area contributed by atoms with Gasteiger partial charge in [0.25, 0.3) is 5.91 Å². The predicted molar refractivity (Wildman–Crippen MR) is 141 cm³/mol. The second-order valence-corrected chi connectivity index (χ2v) is 10.6. The fraction of sp³-hybridized carbons (Fsp3) is 0.481. The third kappa shape index (κ3) is 5.28. The number of piperidine rings is 1. The molecule has 2 amide bonds. The smallest absolute Gasteiger partial charge is 0.270 e. The molecule has 1 aromatic carbocycles. The maximum Gasteiger partial charge on any atom is 0.270 e. The minimum atomic E-state index is -0.0199. The van der Waals surface area contributed by atoms with E-state index in [-0.39, 0.29) is 30.9 Å². The molecule has 0 saturated carbocycles. The van der Waals surface area contributed by atoms with E-state index in [4.69, 9.17) is 9.84 Å². The van der Waals surface area contributed by atoms with Crippen molar-refractivity contribution in [1.29, 1.82) is 0 Å². The lowest BCUT2D eigenvalue weighted by molar-refractivity contribution is -0.138. The van der Waals surface area contributed by atoms with E-state index in [0.717, 1.165) is 54.8 Å². The number of likely N-dealkylation sites (N-methyl/N-ethyl adjacent to an activating group) is 1. The van der Waals surface area contributed by atoms with Gasteiger partial charge in [-0.1, -0.05) is 12.1 Å². The van der Waals surface area contributed by atoms with E-state index in [2.05, 4.69) is 28.0 Å². The molecule has 0 unspecified atom stereocenters. The van der Waals surface area contributed by atoms with E-state index < -0.39 is 0 Å². The summed E-state index contributed by atoms with van der Waals surface area (Å²) >= 11 is 1.64. The van der Waals surface area contributed by atoms with E-state index in [1.54, 1.807) is 11.3 Å². The molecule has 2 aliphatic heterocycles. The van der Waals surface area contributed by atoms with E-state index in [9.17, 15) is 9.59 Å². The Labute approximate surface area is 215 Å². The summed E-state index contributed by atoms with van der Waals surface area (Å²) in [4.78, 5) is 32.8. The number of likely N-dealkylation sites (tertiary alicyclic amines) is 1. The molecule has 36 heavy (non-hydrogen) atoms. The Morgan fingerprint density at radius 2 is 1.72 bits per heavy atom. The molecular formula is C27H34N4O4S. The summed E-state index contributed by atoms with van der Waals surface area (Å²) in [5, 5.41) is 11.0. The molecule has 2 fully saturated rings. The zero-order valence-electron chi connectivity index (χ0n) is 20.8. The van der Waals surface area contributed by atoms with Crippen molar-refractivity contribution in [3.63, 3.8) is 0 Å². The highest BCUT2D eigenvalue weighted by Gasteiger charge is 2.32. The Morgan fingerprint density at radius 1 is 1.00 bits per heavy atom. The Morgan fingerprint density at radius 3 is 2.42 bits per heavy atom. The van der Waals surface area contributed by atoms with Crippen molar-refractivity contribution in [3.05, 3.63) is 53.0 Å². The fourth-order valence-electron chi connectivity index (χ4n) is 5.14. The van der Waals surface area contributed by atoms with Crippen LogP contribution in [-0.4, -0.2) is 95.7 Å². The molecule has 2 aliphatic rings. The Bertz CT molecular complexity index is 1190. The topological polar surface area (TPSA) is 78.2 Å². The van der Waals surface area contributed by atoms with Gasteiger partial charge in [0.1, 0.15) is 18.1 Å². The second kappa shape index (κ2) is 11.0. The molecule has 1 N–H and O–H groups in total. The molecule has 0 atom stereocenters. The summed E-state index contributed by atoms with van der Waals surface area (Å²) in [5.74, 6) is 1.02. The van der Waals surface area contributed by atoms with E-state index in [1.807, 2.05) is 40.1 Å². The molecule has 9 heteroatoms. The van der Waals surface area contributed by atoms with Crippen LogP contribution in [0.15, 0.2) is 41.8 Å². The summed E-state index contributed by atoms with van der Waals surface area (Å²) < 4.78 is 8.66. The monoisotopic (exact) mass is 510 g/mol. The minimum absolute atomic E-state index is 0.0132. The van der Waals surface area contributed by atoms with Crippen LogP contribution in [0.3, 0.4) is 0 Å². The van der Waals surface area contributed by atoms with Gasteiger partial charge in [0.05, 0.1) is 16.8 Å². The molecule has 2 saturated heterocycles. The molecule has 192 valence electrons. The number of hydrogen-bond donors (Lipinski definition) is 1. The lowest BCUT2D eigenvalue weighted by Gasteiger charge is -2.37. The number of thiophene rings is 1. The van der Waals surface area contributed by atoms with Crippen LogP contribution in [0.4, 0.5) is 0 Å². The van der Waals surface area contributed by atoms with Crippen molar-refractivity contribution in [1.82, 2.24) is 19.3 Å². The van der Waals surface area contributed by atoms with Crippen LogP contribution in [0.25, 0.3) is 10.2 Å². The van der Waals surface area contributed by atoms with E-state index >= 15 is 0 Å². The van der Waals surface area contributed by atoms with E-state index in [1.165, 1.54) is 0 Å². The van der Waals surface area contributed by atoms with Crippen LogP contribution in [-0.2, 0) is 11.3 Å². The fourth-order valence-corrected chi connectivity index (χ4v) is 5.96. The normalized spacial score (nSPS) is 17.6. The lowest BCUT2D eigenvalue weighted by atomic mass is 9.94. The molecule has 0 radical (unpaired) electrons. The highest BCUT2D eigenvalue weighted by molar-refractivity contribution is 7.17. The number of benzene rings is 1. The highest BCUT2D eigenvalue weighted by atomic mass is 32.1. The van der Waals surface area contributed by atoms with Gasteiger partial charge in [-0.2, -0.15) is 0 Å². The quantitative estimate of drug-likeness (QED) is 0.529. The average Bonchev–Trinajstić information content (AvgIpc) is 3.50. The van der Waals surface area contributed by atoms with Crippen molar-refractivity contribution in [2.75, 3.05) is 59.5 Å². The molecule has 0 spiro atoms. The van der Waals surface area contributed by atoms with Gasteiger partial charge >= 0.3 is 0 Å². The zero-order valence-corrected chi connectivity index (χ0v) is 21.6. The van der Waals surface area contributed by atoms with Crippen molar-refractivity contribution < 1.29 is 19.4 Å². The van der Waals surface area contributed by atoms with Gasteiger partial charge in [0.2, 0.25) is 5.91 Å². The number of piperazine rings is 1. The van der Waals surface area contributed by atoms with Gasteiger partial charge < -0.3 is 29.1 Å². The van der Waals surface area contributed by atoms with Gasteiger partial charge in [-0.25, -0.2) is 0 Å². The standard InChI is InChI=1S/C27H34N4O4S/c1-28-11-13-30(14-12-28)26(33)21-6-9-29(10-7-21)27(34)24-18-25-23(8-17-36-25)31(24)19-20-2-4-22(5-3-20)35-16-15-32/h2-5,8,17-18,21,32H,6-7,9-16,19H2,1H3. The minimum Gasteiger partial charge on any atom is -0.491 e. The molecule has 8 nitrogen and oxygen atoms in total. The Balaban J connectivity index is 1.26. The number of carbonyl (C=O) groups is 2. The van der Waals surface area contributed by atoms with Crippen LogP contribution in [0.2, 0.25) is 0 Å². The number of carbonyl (C=O) groups excluding carboxylic acids is 2. The maximum atomic E-state index is 13.6. The Kier molecular flexibility index (Phi) is 7.59. The number of aliphatic hydroxyl groups excluding tert-OH is 1. The third-order valence-corrected chi connectivity index (χ3v) is 8.17. The first-order chi connectivity index (χ1) is 17.5. The molecular weight excluding hydrogens is 476 g/mol. The van der Waals surface area contributed by atoms with Crippen molar-refractivity contribution in [2.24, 2.45) is 5.92 Å². The average molecular weight is 511 g/mol. The van der Waals surface area contributed by atoms with Crippen LogP contribution >= 0.6 is 11.3 Å². The number of fused-ring (bicyclic) bond motifs is 1. The first-order valence-corrected chi connectivity index (χ1v) is 13.6. The molecule has 0 bridgehead atoms. The highest BCUT2D eigenvalue weighted by Crippen LogP contribution is 2.29. The zero-order chi connectivity index (χ0) is 25.1. The van der Waals surface area contributed by atoms with Crippen molar-refractivity contribution in [2.45, 2.75) is 19.4 Å². The van der Waals surface area contributed by atoms with Gasteiger partial charge in [-0.3, -0.25) is 9.59 Å². The summed E-state index contributed by atoms with van der Waals surface area (Å²) in [6.07, 6.45) is 1.45. The second-order valence-electron chi connectivity index (χ2n) is 9.70. The SMILES string of the molecule is CN1CCN(C(=O)C2CCN(C(=O)c3cc4sccc4n3Cc3ccc(OCCO)cc3)CC2)CC1. The maximum absolute atomic E-state index is 13.6. The van der Waals surface area contributed by atoms with E-state index in [0.29, 0.717) is 31.1 Å². The first kappa shape index (κ1) is 24.8. The van der Waals surface area contributed by atoms with Crippen LogP contribution in [0.5, 0.6) is 5.75 Å². The largest absolute Gasteiger partial charge is 0.491 e. The first-order valence-electron chi connectivity index (χ1n) is 12.7. The van der Waals surface area contributed by atoms with Gasteiger partial charge in [0, 0.05) is 51.7 Å². The third-order valence-electron chi connectivity index (χ3n) is 7.31. The summed E-state index contributed by atoms with van der Waals surface area (Å²) in [7, 11) is 2.09. The van der Waals surface area contributed by atoms with Crippen molar-refractivity contribution >= 4 is 33.4 Å². The predicted octanol–water partition coefficient (Wildman–Crippen LogP) is 2.75. The molecule has 3 aromatic rings. The number of amides is 2. The number of rotatable bonds is 7. The summed E-state index contributed by atoms with van der Waals surface area (Å²) in [5.41, 5.74) is 2.82. The van der Waals surface area contributed by atoms with Crippen molar-refractivity contribution in [3.8, 4) is 5.75 Å². The number of aliphatic hydroxyl groups is 1. The van der Waals surface area contributed by atoms with Gasteiger partial charge in [-0.15, -0.1) is 11.3 Å². The number of hydrogen-bond acceptors (Lipinski definition) is 6. The summed E-state index contributed by atoms with van der Waals surface area (Å²) in [6, 6.07) is 11.8. The molecule has 2 aromatic heterocycles. The van der Waals surface area contributed by atoms with Crippen LogP contribution in [0.1, 0.15) is 28.9 Å². The van der Waals surface area contributed by atoms with Crippen LogP contribution in [0, 0.1) is 5.92 Å². The number of nitrogens with zero attached hydrogens (tertiary/aromatic N) is 4. The number of ether oxygens (including phenoxy) is 1. The molecule has 5 rings (SSSR count). The lowest BCUT2D eigenvalue weighted by Crippen LogP contribution is -2.51.